The predicted molar refractivity (Wildman–Crippen MR) is 289 cm³/mol. The second kappa shape index (κ2) is 27.8. The summed E-state index contributed by atoms with van der Waals surface area (Å²) < 4.78 is 0. The number of hydrogen-bond donors (Lipinski definition) is 0. The first-order chi connectivity index (χ1) is 26.1. The Morgan fingerprint density at radius 3 is 0.532 bits per heavy atom. The summed E-state index contributed by atoms with van der Waals surface area (Å²) in [6.07, 6.45) is 0. The summed E-state index contributed by atoms with van der Waals surface area (Å²) >= 11 is 0. The van der Waals surface area contributed by atoms with E-state index in [1.54, 1.807) is 0 Å². The van der Waals surface area contributed by atoms with E-state index < -0.39 is 49.4 Å². The molecule has 0 unspecified atom stereocenters. The molecule has 0 heterocycles. The van der Waals surface area contributed by atoms with Crippen LogP contribution in [0.15, 0.2) is 0 Å². The number of hydrogen-bond acceptors (Lipinski definition) is 4. The van der Waals surface area contributed by atoms with Crippen LogP contribution in [0, 0.1) is 73.0 Å². The van der Waals surface area contributed by atoms with Crippen LogP contribution in [0.2, 0.25) is 109 Å². The van der Waals surface area contributed by atoms with E-state index >= 15 is 0 Å². The van der Waals surface area contributed by atoms with Crippen molar-refractivity contribution in [1.29, 1.82) is 10.8 Å². The Balaban J connectivity index is -0.000000326. The first kappa shape index (κ1) is 73.5. The summed E-state index contributed by atoms with van der Waals surface area (Å²) in [6.45, 7) is 77.8. The summed E-state index contributed by atoms with van der Waals surface area (Å²) in [7, 11) is -9.89. The van der Waals surface area contributed by atoms with Crippen LogP contribution in [0.1, 0.15) is 125 Å². The van der Waals surface area contributed by atoms with Gasteiger partial charge in [0.25, 0.3) is 0 Å². The minimum absolute atomic E-state index is 0. The summed E-state index contributed by atoms with van der Waals surface area (Å²) in [4.78, 5) is 20.7. The molecule has 0 saturated heterocycles. The van der Waals surface area contributed by atoms with Crippen molar-refractivity contribution < 1.29 is 62.2 Å². The van der Waals surface area contributed by atoms with Crippen LogP contribution >= 0.6 is 0 Å². The van der Waals surface area contributed by atoms with Crippen LogP contribution in [-0.4, -0.2) is 112 Å². The van der Waals surface area contributed by atoms with Crippen molar-refractivity contribution in [3.05, 3.63) is 30.1 Å². The first-order valence-corrected chi connectivity index (χ1v) is 40.7. The van der Waals surface area contributed by atoms with Gasteiger partial charge in [0.15, 0.2) is 0 Å². The van der Waals surface area contributed by atoms with Crippen molar-refractivity contribution in [3.63, 3.8) is 0 Å². The standard InChI is InChI=1S/2C22H53N4Si3.N2.2U/c2*1-20(2,3)27(10,11)23-16-18-26(25-29(14,15)22(7,8)9)19-17-24-28(12,13)21(4,5)6;1-2;;/h2*16-19H2,1-15H3;;;/q2*-3;;2*+3. The van der Waals surface area contributed by atoms with Crippen molar-refractivity contribution in [2.75, 3.05) is 52.4 Å². The van der Waals surface area contributed by atoms with Crippen molar-refractivity contribution in [2.24, 2.45) is 0 Å². The van der Waals surface area contributed by atoms with Gasteiger partial charge in [0.2, 0.25) is 0 Å². The third-order valence-corrected chi connectivity index (χ3v) is 42.9. The molecule has 364 valence electrons. The topological polar surface area (TPSA) is 139 Å². The SMILES string of the molecule is CC(C)(C)[Si](C)(C)[N-]CCN(CC[N-][Si](C)(C)C(C)(C)C)[N-][Si](C)(C)C(C)(C)C.CC(C)(C)[Si](C)(C)[N-]CCN(CC[N-][Si](C)(C)C(C)(C)C)[N-][Si](C)(C)C(C)(C)C.N#N.[U+3].[U+3]. The summed E-state index contributed by atoms with van der Waals surface area (Å²) in [5.74, 6) is 0. The van der Waals surface area contributed by atoms with Crippen molar-refractivity contribution in [3.8, 4) is 0 Å². The minimum atomic E-state index is -1.74. The number of rotatable bonds is 20. The van der Waals surface area contributed by atoms with E-state index in [0.29, 0.717) is 20.2 Å². The largest absolute Gasteiger partial charge is 3.00 e. The van der Waals surface area contributed by atoms with Crippen LogP contribution < -0.4 is 0 Å². The molecule has 0 bridgehead atoms. The average Bonchev–Trinajstić information content (AvgIpc) is 2.98. The van der Waals surface area contributed by atoms with Crippen LogP contribution in [0.25, 0.3) is 30.1 Å². The Hall–Kier alpha value is 2.51. The molecule has 2 radical (unpaired) electrons. The van der Waals surface area contributed by atoms with Gasteiger partial charge >= 0.3 is 62.2 Å². The van der Waals surface area contributed by atoms with Gasteiger partial charge < -0.3 is 40.1 Å². The van der Waals surface area contributed by atoms with Crippen molar-refractivity contribution >= 4 is 49.4 Å². The van der Waals surface area contributed by atoms with E-state index in [0.717, 1.165) is 52.4 Å². The van der Waals surface area contributed by atoms with Gasteiger partial charge in [0.05, 0.1) is 0 Å². The quantitative estimate of drug-likeness (QED) is 0.0680. The van der Waals surface area contributed by atoms with Gasteiger partial charge in [-0.05, 0) is 42.6 Å². The summed E-state index contributed by atoms with van der Waals surface area (Å²) in [5.41, 5.74) is 0. The Kier molecular flexibility index (Phi) is 32.9. The Morgan fingerprint density at radius 2 is 0.419 bits per heavy atom. The Bertz CT molecular complexity index is 1080. The van der Waals surface area contributed by atoms with Gasteiger partial charge in [-0.15, -0.1) is 26.2 Å². The molecule has 0 atom stereocenters. The maximum atomic E-state index is 6.00. The van der Waals surface area contributed by atoms with Gasteiger partial charge in [-0.3, -0.25) is 0 Å². The van der Waals surface area contributed by atoms with E-state index in [9.17, 15) is 0 Å². The molecule has 0 aliphatic rings. The van der Waals surface area contributed by atoms with Crippen molar-refractivity contribution in [1.82, 2.24) is 10.0 Å². The van der Waals surface area contributed by atoms with Gasteiger partial charge in [0, 0.05) is 10.8 Å². The van der Waals surface area contributed by atoms with Gasteiger partial charge in [0.1, 0.15) is 0 Å². The third-order valence-electron chi connectivity index (χ3n) is 15.3. The molecule has 0 aromatic heterocycles. The van der Waals surface area contributed by atoms with E-state index in [-0.39, 0.29) is 72.3 Å². The zero-order valence-electron chi connectivity index (χ0n) is 47.1. The second-order valence-electron chi connectivity index (χ2n) is 26.5. The average molecular weight is 1420 g/mol. The molecule has 62 heavy (non-hydrogen) atoms. The zero-order chi connectivity index (χ0) is 49.1. The summed E-state index contributed by atoms with van der Waals surface area (Å²) in [6, 6.07) is 0. The van der Waals surface area contributed by atoms with E-state index in [4.69, 9.17) is 40.9 Å². The molecule has 0 saturated carbocycles. The molecule has 0 spiro atoms. The molecule has 0 aliphatic heterocycles. The number of nitrogens with zero attached hydrogens (tertiary/aromatic N) is 10. The van der Waals surface area contributed by atoms with Crippen LogP contribution in [-0.2, 0) is 0 Å². The fraction of sp³-hybridized carbons (Fsp3) is 1.00. The van der Waals surface area contributed by atoms with E-state index in [2.05, 4.69) is 213 Å². The molecule has 0 N–H and O–H groups in total. The molecule has 10 nitrogen and oxygen atoms in total. The van der Waals surface area contributed by atoms with Gasteiger partial charge in [-0.1, -0.05) is 266 Å². The third kappa shape index (κ3) is 26.5. The molecular weight excluding hydrogens is 1310 g/mol. The van der Waals surface area contributed by atoms with Crippen LogP contribution in [0.3, 0.4) is 0 Å². The Morgan fingerprint density at radius 1 is 0.290 bits per heavy atom. The maximum Gasteiger partial charge on any atom is 3.00 e. The smallest absolute Gasteiger partial charge is 0.663 e. The Labute approximate surface area is 443 Å². The van der Waals surface area contributed by atoms with Crippen LogP contribution in [0.5, 0.6) is 0 Å². The van der Waals surface area contributed by atoms with Gasteiger partial charge in [-0.2, -0.15) is 0 Å². The zero-order valence-corrected chi connectivity index (χ0v) is 61.5. The molecule has 0 aromatic carbocycles. The molecule has 0 rings (SSSR count). The summed E-state index contributed by atoms with van der Waals surface area (Å²) in [5, 5.41) is 29.0. The first-order valence-electron chi connectivity index (χ1n) is 23.0. The predicted octanol–water partition coefficient (Wildman–Crippen LogP) is 16.7. The molecule has 0 amide bonds. The fourth-order valence-electron chi connectivity index (χ4n) is 4.16. The second-order valence-corrected chi connectivity index (χ2v) is 55.9. The molecule has 0 aromatic rings. The van der Waals surface area contributed by atoms with E-state index in [1.807, 2.05) is 0 Å². The van der Waals surface area contributed by atoms with Crippen molar-refractivity contribution in [2.45, 2.75) is 233 Å². The fourth-order valence-corrected chi connectivity index (χ4v) is 11.1. The van der Waals surface area contributed by atoms with Crippen LogP contribution in [0.4, 0.5) is 0 Å². The maximum absolute atomic E-state index is 6.00. The minimum Gasteiger partial charge on any atom is -0.663 e. The van der Waals surface area contributed by atoms with E-state index in [1.165, 1.54) is 0 Å². The van der Waals surface area contributed by atoms with Gasteiger partial charge in [-0.25, -0.2) is 0 Å². The monoisotopic (exact) mass is 1420 g/mol. The molecule has 0 aliphatic carbocycles. The molecular formula is C44H106N10Si6U2. The normalized spacial score (nSPS) is 14.4. The molecule has 18 heteroatoms. The molecule has 0 fully saturated rings.